The number of rotatable bonds is 5. The van der Waals surface area contributed by atoms with Crippen LogP contribution in [0.15, 0.2) is 30.5 Å². The van der Waals surface area contributed by atoms with Crippen molar-refractivity contribution in [3.05, 3.63) is 41.7 Å². The molecule has 1 amide bonds. The van der Waals surface area contributed by atoms with Gasteiger partial charge in [0.15, 0.2) is 11.8 Å². The van der Waals surface area contributed by atoms with Gasteiger partial charge in [0.25, 0.3) is 5.91 Å². The second kappa shape index (κ2) is 6.92. The Morgan fingerprint density at radius 1 is 1.40 bits per heavy atom. The van der Waals surface area contributed by atoms with Gasteiger partial charge in [-0.3, -0.25) is 4.79 Å². The zero-order valence-corrected chi connectivity index (χ0v) is 14.1. The monoisotopic (exact) mass is 344 g/mol. The van der Waals surface area contributed by atoms with Gasteiger partial charge >= 0.3 is 5.97 Å². The Labute approximate surface area is 145 Å². The summed E-state index contributed by atoms with van der Waals surface area (Å²) >= 11 is 0. The van der Waals surface area contributed by atoms with Gasteiger partial charge in [-0.25, -0.2) is 9.48 Å². The second-order valence-corrected chi connectivity index (χ2v) is 6.19. The molecule has 2 atom stereocenters. The zero-order valence-electron chi connectivity index (χ0n) is 14.1. The summed E-state index contributed by atoms with van der Waals surface area (Å²) in [6.45, 7) is 4.74. The fraction of sp³-hybridized carbons (Fsp3) is 0.412. The fourth-order valence-corrected chi connectivity index (χ4v) is 2.91. The molecule has 8 nitrogen and oxygen atoms in total. The van der Waals surface area contributed by atoms with Gasteiger partial charge in [-0.15, -0.1) is 5.10 Å². The van der Waals surface area contributed by atoms with Crippen LogP contribution in [0.5, 0.6) is 5.75 Å². The molecule has 1 fully saturated rings. The van der Waals surface area contributed by atoms with Crippen LogP contribution in [0.4, 0.5) is 0 Å². The van der Waals surface area contributed by atoms with Gasteiger partial charge in [0, 0.05) is 13.1 Å². The molecule has 1 N–H and O–H groups in total. The third-order valence-corrected chi connectivity index (χ3v) is 4.23. The van der Waals surface area contributed by atoms with Crippen molar-refractivity contribution in [1.82, 2.24) is 19.9 Å². The van der Waals surface area contributed by atoms with Gasteiger partial charge in [0.05, 0.1) is 12.2 Å². The molecular formula is C17H20N4O4. The van der Waals surface area contributed by atoms with E-state index in [1.54, 1.807) is 11.8 Å². The lowest BCUT2D eigenvalue weighted by atomic mass is 10.2. The Morgan fingerprint density at radius 3 is 2.88 bits per heavy atom. The van der Waals surface area contributed by atoms with Crippen molar-refractivity contribution in [2.75, 3.05) is 13.1 Å². The average molecular weight is 344 g/mol. The normalized spacial score (nSPS) is 18.2. The zero-order chi connectivity index (χ0) is 18.0. The number of ether oxygens (including phenoxy) is 1. The van der Waals surface area contributed by atoms with Gasteiger partial charge < -0.3 is 14.7 Å². The molecule has 2 unspecified atom stereocenters. The number of aromatic nitrogens is 3. The first-order valence-electron chi connectivity index (χ1n) is 8.11. The molecular weight excluding hydrogens is 324 g/mol. The Hall–Kier alpha value is -2.90. The summed E-state index contributed by atoms with van der Waals surface area (Å²) < 4.78 is 7.26. The van der Waals surface area contributed by atoms with E-state index in [2.05, 4.69) is 10.3 Å². The maximum atomic E-state index is 12.6. The highest BCUT2D eigenvalue weighted by Crippen LogP contribution is 2.22. The molecule has 1 aromatic carbocycles. The predicted molar refractivity (Wildman–Crippen MR) is 88.5 cm³/mol. The Kier molecular flexibility index (Phi) is 4.69. The van der Waals surface area contributed by atoms with Crippen molar-refractivity contribution in [2.24, 2.45) is 0 Å². The van der Waals surface area contributed by atoms with Crippen LogP contribution in [0, 0.1) is 6.92 Å². The number of hydrogen-bond acceptors (Lipinski definition) is 5. The molecule has 1 saturated heterocycles. The second-order valence-electron chi connectivity index (χ2n) is 6.19. The Bertz CT molecular complexity index is 788. The number of benzene rings is 1. The maximum Gasteiger partial charge on any atom is 0.358 e. The van der Waals surface area contributed by atoms with E-state index < -0.39 is 12.1 Å². The van der Waals surface area contributed by atoms with E-state index in [1.807, 2.05) is 31.2 Å². The van der Waals surface area contributed by atoms with Crippen LogP contribution in [0.2, 0.25) is 0 Å². The maximum absolute atomic E-state index is 12.6. The lowest BCUT2D eigenvalue weighted by Crippen LogP contribution is -2.39. The first-order valence-corrected chi connectivity index (χ1v) is 8.11. The van der Waals surface area contributed by atoms with E-state index >= 15 is 0 Å². The number of carboxylic acids is 1. The van der Waals surface area contributed by atoms with Crippen LogP contribution >= 0.6 is 0 Å². The van der Waals surface area contributed by atoms with Crippen LogP contribution in [0.3, 0.4) is 0 Å². The summed E-state index contributed by atoms with van der Waals surface area (Å²) in [5, 5.41) is 16.4. The van der Waals surface area contributed by atoms with E-state index in [0.29, 0.717) is 25.3 Å². The molecule has 0 radical (unpaired) electrons. The van der Waals surface area contributed by atoms with Crippen LogP contribution in [0.1, 0.15) is 35.4 Å². The van der Waals surface area contributed by atoms with Crippen LogP contribution in [-0.2, 0) is 4.79 Å². The number of carbonyl (C=O) groups is 2. The highest BCUT2D eigenvalue weighted by molar-refractivity contribution is 5.84. The van der Waals surface area contributed by atoms with Gasteiger partial charge in [-0.2, -0.15) is 0 Å². The number of carboxylic acid groups (broad SMARTS) is 1. The van der Waals surface area contributed by atoms with Gasteiger partial charge in [0.2, 0.25) is 0 Å². The molecule has 1 aromatic heterocycles. The SMILES string of the molecule is Cc1cccc(OC(C)C(=O)N2CCC(n3cc(C(=O)O)nn3)C2)c1. The standard InChI is InChI=1S/C17H20N4O4/c1-11-4-3-5-14(8-11)25-12(2)16(22)20-7-6-13(9-20)21-10-15(17(23)24)18-19-21/h3-5,8,10,12-13H,6-7,9H2,1-2H3,(H,23,24). The third kappa shape index (κ3) is 3.78. The molecule has 2 heterocycles. The topological polar surface area (TPSA) is 97.5 Å². The third-order valence-electron chi connectivity index (χ3n) is 4.23. The Balaban J connectivity index is 1.60. The van der Waals surface area contributed by atoms with E-state index in [9.17, 15) is 9.59 Å². The quantitative estimate of drug-likeness (QED) is 0.883. The van der Waals surface area contributed by atoms with E-state index in [4.69, 9.17) is 9.84 Å². The number of aryl methyl sites for hydroxylation is 1. The minimum Gasteiger partial charge on any atom is -0.481 e. The molecule has 0 saturated carbocycles. The molecule has 25 heavy (non-hydrogen) atoms. The molecule has 0 bridgehead atoms. The molecule has 3 rings (SSSR count). The molecule has 1 aliphatic heterocycles. The van der Waals surface area contributed by atoms with Gasteiger partial charge in [-0.1, -0.05) is 17.3 Å². The van der Waals surface area contributed by atoms with Crippen molar-refractivity contribution >= 4 is 11.9 Å². The predicted octanol–water partition coefficient (Wildman–Crippen LogP) is 1.53. The number of nitrogens with zero attached hydrogens (tertiary/aromatic N) is 4. The highest BCUT2D eigenvalue weighted by Gasteiger charge is 2.31. The summed E-state index contributed by atoms with van der Waals surface area (Å²) in [7, 11) is 0. The summed E-state index contributed by atoms with van der Waals surface area (Å²) in [6, 6.07) is 7.49. The van der Waals surface area contributed by atoms with Crippen molar-refractivity contribution in [3.63, 3.8) is 0 Å². The first-order chi connectivity index (χ1) is 11.9. The van der Waals surface area contributed by atoms with E-state index in [1.165, 1.54) is 10.9 Å². The molecule has 2 aromatic rings. The number of amides is 1. The summed E-state index contributed by atoms with van der Waals surface area (Å²) in [6.07, 6.45) is 1.50. The lowest BCUT2D eigenvalue weighted by molar-refractivity contribution is -0.136. The van der Waals surface area contributed by atoms with E-state index in [-0.39, 0.29) is 17.6 Å². The van der Waals surface area contributed by atoms with Crippen molar-refractivity contribution < 1.29 is 19.4 Å². The number of hydrogen-bond donors (Lipinski definition) is 1. The summed E-state index contributed by atoms with van der Waals surface area (Å²) in [5.41, 5.74) is 0.972. The lowest BCUT2D eigenvalue weighted by Gasteiger charge is -2.22. The van der Waals surface area contributed by atoms with Crippen molar-refractivity contribution in [1.29, 1.82) is 0 Å². The number of aromatic carboxylic acids is 1. The summed E-state index contributed by atoms with van der Waals surface area (Å²) in [5.74, 6) is -0.543. The minimum absolute atomic E-state index is 0.0734. The average Bonchev–Trinajstić information content (AvgIpc) is 3.23. The van der Waals surface area contributed by atoms with Crippen molar-refractivity contribution in [2.45, 2.75) is 32.4 Å². The number of carbonyl (C=O) groups excluding carboxylic acids is 1. The largest absolute Gasteiger partial charge is 0.481 e. The van der Waals surface area contributed by atoms with Gasteiger partial charge in [0.1, 0.15) is 5.75 Å². The van der Waals surface area contributed by atoms with Gasteiger partial charge in [-0.05, 0) is 38.0 Å². The fourth-order valence-electron chi connectivity index (χ4n) is 2.91. The first kappa shape index (κ1) is 16.9. The molecule has 0 aliphatic carbocycles. The molecule has 0 spiro atoms. The molecule has 132 valence electrons. The molecule has 1 aliphatic rings. The summed E-state index contributed by atoms with van der Waals surface area (Å²) in [4.78, 5) is 25.2. The number of likely N-dealkylation sites (tertiary alicyclic amines) is 1. The highest BCUT2D eigenvalue weighted by atomic mass is 16.5. The van der Waals surface area contributed by atoms with Crippen LogP contribution in [0.25, 0.3) is 0 Å². The van der Waals surface area contributed by atoms with Crippen LogP contribution < -0.4 is 4.74 Å². The Morgan fingerprint density at radius 2 is 2.20 bits per heavy atom. The van der Waals surface area contributed by atoms with Crippen molar-refractivity contribution in [3.8, 4) is 5.75 Å². The molecule has 8 heteroatoms. The van der Waals surface area contributed by atoms with E-state index in [0.717, 1.165) is 5.56 Å². The smallest absolute Gasteiger partial charge is 0.358 e. The van der Waals surface area contributed by atoms with Crippen LogP contribution in [-0.4, -0.2) is 56.1 Å². The minimum atomic E-state index is -1.11.